The van der Waals surface area contributed by atoms with Gasteiger partial charge in [-0.3, -0.25) is 10.2 Å². The summed E-state index contributed by atoms with van der Waals surface area (Å²) in [4.78, 5) is 25.2. The maximum absolute atomic E-state index is 12.1. The van der Waals surface area contributed by atoms with Gasteiger partial charge < -0.3 is 14.5 Å². The Hall–Kier alpha value is -1.33. The molecule has 1 amide bonds. The van der Waals surface area contributed by atoms with Crippen molar-refractivity contribution in [3.63, 3.8) is 0 Å². The van der Waals surface area contributed by atoms with E-state index in [0.29, 0.717) is 16.9 Å². The van der Waals surface area contributed by atoms with Gasteiger partial charge in [-0.2, -0.15) is 0 Å². The van der Waals surface area contributed by atoms with Gasteiger partial charge >= 0.3 is 0 Å². The molecule has 0 aliphatic heterocycles. The second kappa shape index (κ2) is 8.07. The van der Waals surface area contributed by atoms with Crippen LogP contribution in [0, 0.1) is 0 Å². The number of nitrogens with two attached hydrogens (primary N) is 1. The normalized spacial score (nSPS) is 11.2. The van der Waals surface area contributed by atoms with Crippen LogP contribution in [-0.4, -0.2) is 38.3 Å². The Morgan fingerprint density at radius 2 is 2.30 bits per heavy atom. The van der Waals surface area contributed by atoms with Gasteiger partial charge in [0, 0.05) is 25.8 Å². The minimum Gasteiger partial charge on any atom is -0.626 e. The fraction of sp³-hybridized carbons (Fsp3) is 0.333. The molecule has 0 fully saturated rings. The van der Waals surface area contributed by atoms with E-state index in [1.165, 1.54) is 0 Å². The van der Waals surface area contributed by atoms with Crippen molar-refractivity contribution >= 4 is 42.1 Å². The lowest BCUT2D eigenvalue weighted by Crippen LogP contribution is -2.31. The van der Waals surface area contributed by atoms with Crippen LogP contribution >= 0.6 is 19.4 Å². The molecule has 110 valence electrons. The van der Waals surface area contributed by atoms with E-state index in [0.717, 1.165) is 11.5 Å². The third-order valence-electron chi connectivity index (χ3n) is 2.41. The molecule has 0 spiro atoms. The zero-order chi connectivity index (χ0) is 15.1. The third-order valence-corrected chi connectivity index (χ3v) is 3.88. The molecule has 1 atom stereocenters. The van der Waals surface area contributed by atoms with Gasteiger partial charge in [-0.05, 0) is 12.1 Å². The number of anilines is 1. The van der Waals surface area contributed by atoms with E-state index in [1.54, 1.807) is 18.2 Å². The molecule has 20 heavy (non-hydrogen) atoms. The van der Waals surface area contributed by atoms with Gasteiger partial charge in [-0.1, -0.05) is 0 Å². The molecule has 0 aromatic heterocycles. The molecular formula is C12H17ClN3O3P. The molecule has 1 rings (SSSR count). The van der Waals surface area contributed by atoms with Crippen LogP contribution in [0.2, 0.25) is 0 Å². The number of amides is 1. The van der Waals surface area contributed by atoms with Gasteiger partial charge in [0.05, 0.1) is 13.7 Å². The van der Waals surface area contributed by atoms with E-state index in [9.17, 15) is 9.69 Å². The summed E-state index contributed by atoms with van der Waals surface area (Å²) in [6.45, 7) is 0.289. The first kappa shape index (κ1) is 16.7. The first-order valence-electron chi connectivity index (χ1n) is 5.81. The smallest absolute Gasteiger partial charge is 0.300 e. The Morgan fingerprint density at radius 3 is 2.85 bits per heavy atom. The lowest BCUT2D eigenvalue weighted by Gasteiger charge is -2.15. The van der Waals surface area contributed by atoms with Crippen LogP contribution in [-0.2, 0) is 4.79 Å². The number of nitrogens with one attached hydrogen (secondary N) is 1. The average Bonchev–Trinajstić information content (AvgIpc) is 2.44. The highest BCUT2D eigenvalue weighted by Gasteiger charge is 2.15. The monoisotopic (exact) mass is 317 g/mol. The van der Waals surface area contributed by atoms with Crippen LogP contribution in [0.3, 0.4) is 0 Å². The SMILES string of the molecule is CN(C)c1ccc([P+]([O-])=CC(=O)NN)c(OCCCl)c1. The molecule has 1 unspecified atom stereocenters. The quantitative estimate of drug-likeness (QED) is 0.244. The van der Waals surface area contributed by atoms with E-state index < -0.39 is 13.7 Å². The second-order valence-electron chi connectivity index (χ2n) is 4.05. The fourth-order valence-electron chi connectivity index (χ4n) is 1.44. The fourth-order valence-corrected chi connectivity index (χ4v) is 2.51. The van der Waals surface area contributed by atoms with Crippen LogP contribution in [0.25, 0.3) is 0 Å². The zero-order valence-electron chi connectivity index (χ0n) is 11.3. The first-order valence-corrected chi connectivity index (χ1v) is 7.68. The molecule has 0 bridgehead atoms. The van der Waals surface area contributed by atoms with Crippen molar-refractivity contribution in [2.75, 3.05) is 31.5 Å². The van der Waals surface area contributed by atoms with Gasteiger partial charge in [-0.25, -0.2) is 5.84 Å². The summed E-state index contributed by atoms with van der Waals surface area (Å²) in [5.41, 5.74) is 2.80. The third kappa shape index (κ3) is 4.65. The molecule has 8 heteroatoms. The molecule has 0 saturated carbocycles. The van der Waals surface area contributed by atoms with E-state index >= 15 is 0 Å². The number of rotatable bonds is 6. The number of nitrogens with zero attached hydrogens (tertiary/aromatic N) is 1. The number of halogens is 1. The summed E-state index contributed by atoms with van der Waals surface area (Å²) < 4.78 is 5.49. The van der Waals surface area contributed by atoms with Crippen LogP contribution in [0.5, 0.6) is 5.75 Å². The molecule has 0 saturated heterocycles. The summed E-state index contributed by atoms with van der Waals surface area (Å²) in [7, 11) is 1.72. The number of benzene rings is 1. The summed E-state index contributed by atoms with van der Waals surface area (Å²) in [5, 5.41) is 0.430. The molecule has 6 nitrogen and oxygen atoms in total. The number of hydrogen-bond donors (Lipinski definition) is 2. The Morgan fingerprint density at radius 1 is 1.60 bits per heavy atom. The minimum atomic E-state index is -2.04. The van der Waals surface area contributed by atoms with Gasteiger partial charge in [0.2, 0.25) is 0 Å². The lowest BCUT2D eigenvalue weighted by atomic mass is 10.3. The summed E-state index contributed by atoms with van der Waals surface area (Å²) >= 11 is 5.60. The topological polar surface area (TPSA) is 90.7 Å². The molecule has 0 aliphatic rings. The molecule has 1 aromatic rings. The highest BCUT2D eigenvalue weighted by atomic mass is 35.5. The van der Waals surface area contributed by atoms with Gasteiger partial charge in [0.15, 0.2) is 16.9 Å². The molecular weight excluding hydrogens is 301 g/mol. The Balaban J connectivity index is 3.16. The van der Waals surface area contributed by atoms with Crippen molar-refractivity contribution < 1.29 is 14.4 Å². The predicted molar refractivity (Wildman–Crippen MR) is 81.9 cm³/mol. The summed E-state index contributed by atoms with van der Waals surface area (Å²) in [6, 6.07) is 5.21. The average molecular weight is 318 g/mol. The minimum absolute atomic E-state index is 0.289. The van der Waals surface area contributed by atoms with Crippen molar-refractivity contribution in [2.45, 2.75) is 0 Å². The van der Waals surface area contributed by atoms with Gasteiger partial charge in [0.25, 0.3) is 5.91 Å². The Labute approximate surface area is 123 Å². The highest BCUT2D eigenvalue weighted by molar-refractivity contribution is 7.60. The van der Waals surface area contributed by atoms with Crippen molar-refractivity contribution in [1.29, 1.82) is 0 Å². The Kier molecular flexibility index (Phi) is 6.75. The molecule has 0 radical (unpaired) electrons. The summed E-state index contributed by atoms with van der Waals surface area (Å²) in [6.07, 6.45) is 0. The van der Waals surface area contributed by atoms with Crippen LogP contribution in [0.15, 0.2) is 18.2 Å². The van der Waals surface area contributed by atoms with Gasteiger partial charge in [0.1, 0.15) is 6.61 Å². The largest absolute Gasteiger partial charge is 0.626 e. The molecule has 3 N–H and O–H groups in total. The Bertz CT molecular complexity index is 509. The van der Waals surface area contributed by atoms with Crippen molar-refractivity contribution in [2.24, 2.45) is 5.84 Å². The van der Waals surface area contributed by atoms with Crippen LogP contribution in [0.4, 0.5) is 5.69 Å². The maximum atomic E-state index is 12.1. The number of hydrazine groups is 1. The van der Waals surface area contributed by atoms with E-state index in [1.807, 2.05) is 24.4 Å². The zero-order valence-corrected chi connectivity index (χ0v) is 12.9. The van der Waals surface area contributed by atoms with Crippen molar-refractivity contribution in [3.8, 4) is 5.75 Å². The number of carbonyl (C=O) groups excluding carboxylic acids is 1. The van der Waals surface area contributed by atoms with E-state index in [-0.39, 0.29) is 6.61 Å². The highest BCUT2D eigenvalue weighted by Crippen LogP contribution is 2.25. The lowest BCUT2D eigenvalue weighted by molar-refractivity contribution is -0.149. The number of alkyl halides is 1. The van der Waals surface area contributed by atoms with Crippen LogP contribution in [0.1, 0.15) is 0 Å². The summed E-state index contributed by atoms with van der Waals surface area (Å²) in [5.74, 6) is 6.14. The maximum Gasteiger partial charge on any atom is 0.300 e. The molecule has 0 heterocycles. The molecule has 0 aliphatic carbocycles. The van der Waals surface area contributed by atoms with E-state index in [2.05, 4.69) is 0 Å². The standard InChI is InChI=1S/C12H17ClN3O3P/c1-16(2)9-3-4-11(10(7-9)19-6-5-13)20(18)8-12(17)15-14/h3-4,7-8H,5-6,14H2,1-2H3,(H,15,17). The van der Waals surface area contributed by atoms with Crippen molar-refractivity contribution in [1.82, 2.24) is 5.43 Å². The van der Waals surface area contributed by atoms with Crippen molar-refractivity contribution in [3.05, 3.63) is 18.2 Å². The van der Waals surface area contributed by atoms with E-state index in [4.69, 9.17) is 22.2 Å². The number of ether oxygens (including phenoxy) is 1. The number of hydrogen-bond acceptors (Lipinski definition) is 5. The molecule has 1 aromatic carbocycles. The number of carbonyl (C=O) groups is 1. The van der Waals surface area contributed by atoms with Gasteiger partial charge in [-0.15, -0.1) is 11.6 Å². The predicted octanol–water partition coefficient (Wildman–Crippen LogP) is -0.455. The first-order chi connectivity index (χ1) is 9.49. The van der Waals surface area contributed by atoms with Crippen LogP contribution < -0.4 is 31.1 Å². The second-order valence-corrected chi connectivity index (χ2v) is 5.82.